The fraction of sp³-hybridized carbons (Fsp3) is 0.364. The summed E-state index contributed by atoms with van der Waals surface area (Å²) < 4.78 is 12.7. The molecule has 0 aliphatic heterocycles. The molecule has 0 radical (unpaired) electrons. The minimum Gasteiger partial charge on any atom is -0.481 e. The van der Waals surface area contributed by atoms with Crippen LogP contribution >= 0.6 is 11.6 Å². The number of benzene rings is 1. The maximum absolute atomic E-state index is 12.7. The van der Waals surface area contributed by atoms with Crippen molar-refractivity contribution in [1.82, 2.24) is 0 Å². The van der Waals surface area contributed by atoms with E-state index in [4.69, 9.17) is 16.7 Å². The van der Waals surface area contributed by atoms with Gasteiger partial charge in [-0.3, -0.25) is 4.79 Å². The van der Waals surface area contributed by atoms with E-state index in [0.29, 0.717) is 5.56 Å². The molecule has 0 heterocycles. The van der Waals surface area contributed by atoms with Gasteiger partial charge in [0, 0.05) is 5.02 Å². The van der Waals surface area contributed by atoms with Crippen LogP contribution in [0.5, 0.6) is 0 Å². The summed E-state index contributed by atoms with van der Waals surface area (Å²) >= 11 is 5.81. The van der Waals surface area contributed by atoms with Crippen molar-refractivity contribution in [3.63, 3.8) is 0 Å². The van der Waals surface area contributed by atoms with E-state index in [9.17, 15) is 9.18 Å². The number of carboxylic acids is 1. The summed E-state index contributed by atoms with van der Waals surface area (Å²) in [7, 11) is 0. The highest BCUT2D eigenvalue weighted by atomic mass is 35.5. The van der Waals surface area contributed by atoms with Crippen molar-refractivity contribution in [2.45, 2.75) is 20.3 Å². The van der Waals surface area contributed by atoms with Gasteiger partial charge in [-0.05, 0) is 38.0 Å². The molecule has 82 valence electrons. The van der Waals surface area contributed by atoms with Crippen molar-refractivity contribution >= 4 is 17.6 Å². The van der Waals surface area contributed by atoms with Crippen molar-refractivity contribution in [3.05, 3.63) is 34.6 Å². The third-order valence-corrected chi connectivity index (χ3v) is 2.58. The first-order valence-corrected chi connectivity index (χ1v) is 4.88. The van der Waals surface area contributed by atoms with Gasteiger partial charge in [0.1, 0.15) is 5.82 Å². The second-order valence-electron chi connectivity index (χ2n) is 4.10. The van der Waals surface area contributed by atoms with Gasteiger partial charge in [-0.2, -0.15) is 0 Å². The van der Waals surface area contributed by atoms with Crippen molar-refractivity contribution < 1.29 is 14.3 Å². The van der Waals surface area contributed by atoms with Crippen LogP contribution < -0.4 is 0 Å². The lowest BCUT2D eigenvalue weighted by Gasteiger charge is -2.19. The van der Waals surface area contributed by atoms with Crippen molar-refractivity contribution in [3.8, 4) is 0 Å². The summed E-state index contributed by atoms with van der Waals surface area (Å²) in [6.45, 7) is 3.21. The number of rotatable bonds is 3. The van der Waals surface area contributed by atoms with E-state index in [1.54, 1.807) is 13.8 Å². The molecular weight excluding hydrogens is 219 g/mol. The zero-order chi connectivity index (χ0) is 11.6. The van der Waals surface area contributed by atoms with Crippen molar-refractivity contribution in [2.24, 2.45) is 5.41 Å². The van der Waals surface area contributed by atoms with Crippen LogP contribution in [0.15, 0.2) is 18.2 Å². The van der Waals surface area contributed by atoms with Crippen LogP contribution in [0.25, 0.3) is 0 Å². The Kier molecular flexibility index (Phi) is 3.35. The van der Waals surface area contributed by atoms with E-state index in [1.165, 1.54) is 18.2 Å². The number of hydrogen-bond donors (Lipinski definition) is 1. The molecule has 0 aliphatic rings. The molecule has 1 aromatic rings. The minimum atomic E-state index is -0.901. The molecule has 1 N–H and O–H groups in total. The molecule has 1 aromatic carbocycles. The molecule has 0 spiro atoms. The Labute approximate surface area is 92.7 Å². The number of carbonyl (C=O) groups is 1. The number of hydrogen-bond acceptors (Lipinski definition) is 1. The Morgan fingerprint density at radius 3 is 2.60 bits per heavy atom. The molecule has 4 heteroatoms. The molecule has 0 unspecified atom stereocenters. The molecule has 0 amide bonds. The molecule has 0 atom stereocenters. The van der Waals surface area contributed by atoms with Gasteiger partial charge in [0.15, 0.2) is 0 Å². The summed E-state index contributed by atoms with van der Waals surface area (Å²) in [6.07, 6.45) is 0.279. The van der Waals surface area contributed by atoms with E-state index in [2.05, 4.69) is 0 Å². The average Bonchev–Trinajstić information content (AvgIpc) is 2.09. The highest BCUT2D eigenvalue weighted by Crippen LogP contribution is 2.27. The predicted molar refractivity (Wildman–Crippen MR) is 56.5 cm³/mol. The number of aliphatic carboxylic acids is 1. The fourth-order valence-corrected chi connectivity index (χ4v) is 1.45. The summed E-state index contributed by atoms with van der Waals surface area (Å²) in [5.41, 5.74) is -0.257. The SMILES string of the molecule is CC(C)(Cc1ccc(F)cc1Cl)C(=O)O. The van der Waals surface area contributed by atoms with Crippen molar-refractivity contribution in [2.75, 3.05) is 0 Å². The minimum absolute atomic E-state index is 0.268. The Morgan fingerprint density at radius 1 is 1.53 bits per heavy atom. The van der Waals surface area contributed by atoms with Crippen LogP contribution in [0.4, 0.5) is 4.39 Å². The third-order valence-electron chi connectivity index (χ3n) is 2.23. The molecule has 0 saturated heterocycles. The Hall–Kier alpha value is -1.09. The average molecular weight is 231 g/mol. The predicted octanol–water partition coefficient (Wildman–Crippen LogP) is 3.13. The lowest BCUT2D eigenvalue weighted by Crippen LogP contribution is -2.26. The van der Waals surface area contributed by atoms with E-state index in [1.807, 2.05) is 0 Å². The number of carboxylic acid groups (broad SMARTS) is 1. The van der Waals surface area contributed by atoms with E-state index in [0.717, 1.165) is 0 Å². The van der Waals surface area contributed by atoms with Crippen LogP contribution in [0.1, 0.15) is 19.4 Å². The van der Waals surface area contributed by atoms with Gasteiger partial charge in [-0.25, -0.2) is 4.39 Å². The quantitative estimate of drug-likeness (QED) is 0.866. The van der Waals surface area contributed by atoms with Crippen LogP contribution in [-0.2, 0) is 11.2 Å². The molecule has 15 heavy (non-hydrogen) atoms. The van der Waals surface area contributed by atoms with Gasteiger partial charge in [0.2, 0.25) is 0 Å². The highest BCUT2D eigenvalue weighted by molar-refractivity contribution is 6.31. The van der Waals surface area contributed by atoms with Crippen LogP contribution in [-0.4, -0.2) is 11.1 Å². The molecule has 0 saturated carbocycles. The monoisotopic (exact) mass is 230 g/mol. The summed E-state index contributed by atoms with van der Waals surface area (Å²) in [6, 6.07) is 3.98. The zero-order valence-corrected chi connectivity index (χ0v) is 9.31. The Balaban J connectivity index is 2.95. The smallest absolute Gasteiger partial charge is 0.309 e. The maximum Gasteiger partial charge on any atom is 0.309 e. The van der Waals surface area contributed by atoms with E-state index < -0.39 is 17.2 Å². The van der Waals surface area contributed by atoms with Gasteiger partial charge in [-0.15, -0.1) is 0 Å². The maximum atomic E-state index is 12.7. The Bertz CT molecular complexity index is 388. The lowest BCUT2D eigenvalue weighted by atomic mass is 9.86. The second-order valence-corrected chi connectivity index (χ2v) is 4.51. The molecule has 2 nitrogen and oxygen atoms in total. The molecule has 1 rings (SSSR count). The molecular formula is C11H12ClFO2. The van der Waals surface area contributed by atoms with Crippen LogP contribution in [0.3, 0.4) is 0 Å². The molecule has 0 aromatic heterocycles. The largest absolute Gasteiger partial charge is 0.481 e. The first-order valence-electron chi connectivity index (χ1n) is 4.50. The highest BCUT2D eigenvalue weighted by Gasteiger charge is 2.28. The Morgan fingerprint density at radius 2 is 2.13 bits per heavy atom. The van der Waals surface area contributed by atoms with Crippen LogP contribution in [0, 0.1) is 11.2 Å². The zero-order valence-electron chi connectivity index (χ0n) is 8.55. The standard InChI is InChI=1S/C11H12ClFO2/c1-11(2,10(14)15)6-7-3-4-8(13)5-9(7)12/h3-5H,6H2,1-2H3,(H,14,15). The molecule has 0 fully saturated rings. The number of halogens is 2. The summed E-state index contributed by atoms with van der Waals surface area (Å²) in [5, 5.41) is 9.20. The summed E-state index contributed by atoms with van der Waals surface area (Å²) in [4.78, 5) is 10.9. The fourth-order valence-electron chi connectivity index (χ4n) is 1.22. The first-order chi connectivity index (χ1) is 6.83. The van der Waals surface area contributed by atoms with Crippen molar-refractivity contribution in [1.29, 1.82) is 0 Å². The summed E-state index contributed by atoms with van der Waals surface area (Å²) in [5.74, 6) is -1.32. The normalized spacial score (nSPS) is 11.5. The van der Waals surface area contributed by atoms with Gasteiger partial charge in [0.25, 0.3) is 0 Å². The van der Waals surface area contributed by atoms with Crippen LogP contribution in [0.2, 0.25) is 5.02 Å². The first kappa shape index (κ1) is 12.0. The topological polar surface area (TPSA) is 37.3 Å². The second kappa shape index (κ2) is 4.19. The van der Waals surface area contributed by atoms with E-state index in [-0.39, 0.29) is 11.4 Å². The van der Waals surface area contributed by atoms with Gasteiger partial charge < -0.3 is 5.11 Å². The molecule has 0 bridgehead atoms. The van der Waals surface area contributed by atoms with Gasteiger partial charge in [-0.1, -0.05) is 17.7 Å². The van der Waals surface area contributed by atoms with Gasteiger partial charge >= 0.3 is 5.97 Å². The van der Waals surface area contributed by atoms with Gasteiger partial charge in [0.05, 0.1) is 5.41 Å². The third kappa shape index (κ3) is 2.93. The van der Waals surface area contributed by atoms with E-state index >= 15 is 0 Å². The molecule has 0 aliphatic carbocycles. The lowest BCUT2D eigenvalue weighted by molar-refractivity contribution is -0.146.